The number of rotatable bonds is 5. The van der Waals surface area contributed by atoms with Crippen LogP contribution in [0.2, 0.25) is 10.0 Å². The first kappa shape index (κ1) is 23.0. The molecule has 5 N–H and O–H groups in total. The quantitative estimate of drug-likeness (QED) is 0.569. The highest BCUT2D eigenvalue weighted by molar-refractivity contribution is 6.35. The normalized spacial score (nSPS) is 17.3. The van der Waals surface area contributed by atoms with Gasteiger partial charge >= 0.3 is 5.97 Å². The number of halogens is 2. The molecule has 0 fully saturated rings. The molecule has 0 aromatic heterocycles. The van der Waals surface area contributed by atoms with Crippen molar-refractivity contribution in [3.8, 4) is 0 Å². The second-order valence-corrected chi connectivity index (χ2v) is 7.43. The molecule has 0 radical (unpaired) electrons. The minimum Gasteiger partial charge on any atom is -0.480 e. The van der Waals surface area contributed by atoms with Crippen LogP contribution in [0.3, 0.4) is 0 Å². The number of amides is 1. The third kappa shape index (κ3) is 5.85. The van der Waals surface area contributed by atoms with Crippen LogP contribution in [-0.2, 0) is 22.4 Å². The Hall–Kier alpha value is -2.28. The zero-order valence-electron chi connectivity index (χ0n) is 16.3. The average Bonchev–Trinajstić information content (AvgIpc) is 2.69. The molecule has 29 heavy (non-hydrogen) atoms. The predicted octanol–water partition coefficient (Wildman–Crippen LogP) is 3.80. The van der Waals surface area contributed by atoms with Crippen molar-refractivity contribution in [3.05, 3.63) is 63.1 Å². The Bertz CT molecular complexity index is 872. The molecule has 1 aliphatic heterocycles. The molecule has 2 aromatic rings. The zero-order chi connectivity index (χ0) is 21.6. The molecule has 1 amide bonds. The van der Waals surface area contributed by atoms with E-state index in [1.807, 2.05) is 24.3 Å². The standard InChI is InChI=1S/C20H20Cl2N2O3.CH5N/c1-2-11-3-5-12(6-4-11)7-18(25)24-16-10-17(20(26)27)23-15-9-13(21)8-14(22)19(15)16;1-2/h3-6,8-9,16-17,23H,2,7,10H2,1H3,(H,24,25)(H,26,27);2H2,1H3. The third-order valence-electron chi connectivity index (χ3n) is 4.67. The van der Waals surface area contributed by atoms with E-state index in [-0.39, 0.29) is 18.7 Å². The molecule has 1 heterocycles. The first-order valence-corrected chi connectivity index (χ1v) is 10.1. The number of anilines is 1. The van der Waals surface area contributed by atoms with Crippen molar-refractivity contribution in [1.29, 1.82) is 0 Å². The maximum atomic E-state index is 12.6. The predicted molar refractivity (Wildman–Crippen MR) is 117 cm³/mol. The van der Waals surface area contributed by atoms with Gasteiger partial charge in [0.25, 0.3) is 0 Å². The monoisotopic (exact) mass is 437 g/mol. The molecule has 2 aromatic carbocycles. The van der Waals surface area contributed by atoms with Crippen molar-refractivity contribution in [2.75, 3.05) is 12.4 Å². The maximum absolute atomic E-state index is 12.6. The largest absolute Gasteiger partial charge is 0.480 e. The van der Waals surface area contributed by atoms with Crippen molar-refractivity contribution < 1.29 is 14.7 Å². The van der Waals surface area contributed by atoms with Gasteiger partial charge in [0.2, 0.25) is 5.91 Å². The number of hydrogen-bond acceptors (Lipinski definition) is 4. The van der Waals surface area contributed by atoms with Gasteiger partial charge in [0.15, 0.2) is 0 Å². The Kier molecular flexibility index (Phi) is 8.32. The molecule has 1 aliphatic rings. The summed E-state index contributed by atoms with van der Waals surface area (Å²) < 4.78 is 0. The number of aryl methyl sites for hydroxylation is 1. The van der Waals surface area contributed by atoms with Gasteiger partial charge in [0, 0.05) is 27.7 Å². The van der Waals surface area contributed by atoms with Gasteiger partial charge in [-0.1, -0.05) is 54.4 Å². The summed E-state index contributed by atoms with van der Waals surface area (Å²) in [6.45, 7) is 2.07. The van der Waals surface area contributed by atoms with E-state index in [1.54, 1.807) is 12.1 Å². The molecule has 0 saturated carbocycles. The van der Waals surface area contributed by atoms with E-state index in [2.05, 4.69) is 23.3 Å². The van der Waals surface area contributed by atoms with Crippen LogP contribution in [0.15, 0.2) is 36.4 Å². The van der Waals surface area contributed by atoms with Gasteiger partial charge in [0.1, 0.15) is 6.04 Å². The lowest BCUT2D eigenvalue weighted by atomic mass is 9.92. The molecule has 0 bridgehead atoms. The summed E-state index contributed by atoms with van der Waals surface area (Å²) in [5, 5.41) is 16.0. The van der Waals surface area contributed by atoms with Crippen LogP contribution in [0.4, 0.5) is 5.69 Å². The fourth-order valence-corrected chi connectivity index (χ4v) is 3.90. The number of carbonyl (C=O) groups is 2. The van der Waals surface area contributed by atoms with E-state index in [1.165, 1.54) is 12.6 Å². The first-order valence-electron chi connectivity index (χ1n) is 9.30. The Morgan fingerprint density at radius 2 is 1.79 bits per heavy atom. The highest BCUT2D eigenvalue weighted by Crippen LogP contribution is 2.39. The minimum atomic E-state index is -0.994. The number of aliphatic carboxylic acids is 1. The Morgan fingerprint density at radius 1 is 1.17 bits per heavy atom. The number of benzene rings is 2. The first-order chi connectivity index (χ1) is 13.9. The molecule has 156 valence electrons. The van der Waals surface area contributed by atoms with Crippen molar-refractivity contribution in [1.82, 2.24) is 5.32 Å². The minimum absolute atomic E-state index is 0.188. The van der Waals surface area contributed by atoms with E-state index in [0.29, 0.717) is 21.3 Å². The van der Waals surface area contributed by atoms with E-state index < -0.39 is 18.1 Å². The van der Waals surface area contributed by atoms with Crippen LogP contribution >= 0.6 is 23.2 Å². The second-order valence-electron chi connectivity index (χ2n) is 6.59. The molecule has 2 atom stereocenters. The lowest BCUT2D eigenvalue weighted by Gasteiger charge is -2.32. The van der Waals surface area contributed by atoms with Crippen molar-refractivity contribution in [2.45, 2.75) is 38.3 Å². The summed E-state index contributed by atoms with van der Waals surface area (Å²) in [5.41, 5.74) is 7.80. The Balaban J connectivity index is 0.00000145. The molecule has 3 rings (SSSR count). The third-order valence-corrected chi connectivity index (χ3v) is 5.20. The van der Waals surface area contributed by atoms with Crippen LogP contribution < -0.4 is 16.4 Å². The molecule has 0 saturated heterocycles. The number of nitrogens with one attached hydrogen (secondary N) is 2. The summed E-state index contributed by atoms with van der Waals surface area (Å²) in [6.07, 6.45) is 1.35. The fraction of sp³-hybridized carbons (Fsp3) is 0.333. The van der Waals surface area contributed by atoms with Gasteiger partial charge in [-0.3, -0.25) is 4.79 Å². The Morgan fingerprint density at radius 3 is 2.38 bits per heavy atom. The van der Waals surface area contributed by atoms with Gasteiger partial charge < -0.3 is 21.5 Å². The van der Waals surface area contributed by atoms with E-state index in [0.717, 1.165) is 12.0 Å². The molecule has 0 spiro atoms. The van der Waals surface area contributed by atoms with E-state index in [4.69, 9.17) is 23.2 Å². The average molecular weight is 438 g/mol. The molecular weight excluding hydrogens is 413 g/mol. The highest BCUT2D eigenvalue weighted by atomic mass is 35.5. The molecular formula is C21H25Cl2N3O3. The lowest BCUT2D eigenvalue weighted by Crippen LogP contribution is -2.41. The van der Waals surface area contributed by atoms with Gasteiger partial charge in [-0.25, -0.2) is 4.79 Å². The van der Waals surface area contributed by atoms with Crippen LogP contribution in [0.5, 0.6) is 0 Å². The molecule has 2 unspecified atom stereocenters. The fourth-order valence-electron chi connectivity index (χ4n) is 3.28. The van der Waals surface area contributed by atoms with E-state index >= 15 is 0 Å². The molecule has 8 heteroatoms. The highest BCUT2D eigenvalue weighted by Gasteiger charge is 2.33. The molecule has 6 nitrogen and oxygen atoms in total. The van der Waals surface area contributed by atoms with Crippen molar-refractivity contribution in [3.63, 3.8) is 0 Å². The number of carboxylic acids is 1. The number of hydrogen-bond donors (Lipinski definition) is 4. The molecule has 0 aliphatic carbocycles. The van der Waals surface area contributed by atoms with Crippen molar-refractivity contribution in [2.24, 2.45) is 5.73 Å². The summed E-state index contributed by atoms with van der Waals surface area (Å²) in [7, 11) is 1.50. The van der Waals surface area contributed by atoms with Crippen LogP contribution in [0.25, 0.3) is 0 Å². The smallest absolute Gasteiger partial charge is 0.326 e. The summed E-state index contributed by atoms with van der Waals surface area (Å²) >= 11 is 12.4. The number of carboxylic acid groups (broad SMARTS) is 1. The number of nitrogens with two attached hydrogens (primary N) is 1. The van der Waals surface area contributed by atoms with Crippen molar-refractivity contribution >= 4 is 40.8 Å². The summed E-state index contributed by atoms with van der Waals surface area (Å²) in [4.78, 5) is 24.0. The van der Waals surface area contributed by atoms with Gasteiger partial charge in [-0.05, 0) is 36.7 Å². The second kappa shape index (κ2) is 10.5. The topological polar surface area (TPSA) is 104 Å². The van der Waals surface area contributed by atoms with Crippen LogP contribution in [0, 0.1) is 0 Å². The van der Waals surface area contributed by atoms with Gasteiger partial charge in [0.05, 0.1) is 12.5 Å². The number of fused-ring (bicyclic) bond motifs is 1. The van der Waals surface area contributed by atoms with Crippen LogP contribution in [0.1, 0.15) is 36.1 Å². The number of carbonyl (C=O) groups excluding carboxylic acids is 1. The van der Waals surface area contributed by atoms with Crippen LogP contribution in [-0.4, -0.2) is 30.1 Å². The lowest BCUT2D eigenvalue weighted by molar-refractivity contribution is -0.138. The summed E-state index contributed by atoms with van der Waals surface area (Å²) in [5.74, 6) is -1.18. The maximum Gasteiger partial charge on any atom is 0.326 e. The zero-order valence-corrected chi connectivity index (χ0v) is 17.8. The SMILES string of the molecule is CCc1ccc(CC(=O)NC2CC(C(=O)O)Nc3cc(Cl)cc(Cl)c32)cc1.CN. The summed E-state index contributed by atoms with van der Waals surface area (Å²) in [6, 6.07) is 9.75. The van der Waals surface area contributed by atoms with E-state index in [9.17, 15) is 14.7 Å². The van der Waals surface area contributed by atoms with Gasteiger partial charge in [-0.15, -0.1) is 0 Å². The van der Waals surface area contributed by atoms with Gasteiger partial charge in [-0.2, -0.15) is 0 Å². The Labute approximate surface area is 180 Å².